The van der Waals surface area contributed by atoms with Gasteiger partial charge in [-0.25, -0.2) is 0 Å². The summed E-state index contributed by atoms with van der Waals surface area (Å²) in [4.78, 5) is 12.4. The third-order valence-electron chi connectivity index (χ3n) is 3.09. The molecule has 1 fully saturated rings. The van der Waals surface area contributed by atoms with Gasteiger partial charge in [-0.3, -0.25) is 4.79 Å². The van der Waals surface area contributed by atoms with Crippen LogP contribution < -0.4 is 0 Å². The summed E-state index contributed by atoms with van der Waals surface area (Å²) < 4.78 is -0.174. The highest BCUT2D eigenvalue weighted by molar-refractivity contribution is 8.01. The second-order valence-electron chi connectivity index (χ2n) is 4.33. The van der Waals surface area contributed by atoms with E-state index in [0.29, 0.717) is 5.78 Å². The number of rotatable bonds is 2. The predicted molar refractivity (Wildman–Crippen MR) is 65.6 cm³/mol. The van der Waals surface area contributed by atoms with Gasteiger partial charge in [0.1, 0.15) is 0 Å². The second-order valence-corrected chi connectivity index (χ2v) is 5.92. The van der Waals surface area contributed by atoms with Crippen molar-refractivity contribution in [2.45, 2.75) is 31.4 Å². The van der Waals surface area contributed by atoms with Gasteiger partial charge >= 0.3 is 0 Å². The molecule has 0 aliphatic carbocycles. The highest BCUT2D eigenvalue weighted by Crippen LogP contribution is 2.40. The first-order chi connectivity index (χ1) is 7.13. The highest BCUT2D eigenvalue weighted by Gasteiger charge is 2.37. The Morgan fingerprint density at radius 2 is 2.13 bits per heavy atom. The number of ketones is 1. The summed E-state index contributed by atoms with van der Waals surface area (Å²) in [5.74, 6) is 1.43. The standard InChI is InChI=1S/C13H16OS/c1-10-6-3-4-7-11(10)12(14)13(2)8-5-9-15-13/h3-4,6-7H,5,8-9H2,1-2H3. The lowest BCUT2D eigenvalue weighted by Crippen LogP contribution is -2.29. The van der Waals surface area contributed by atoms with Crippen molar-refractivity contribution < 1.29 is 4.79 Å². The molecule has 1 aromatic rings. The van der Waals surface area contributed by atoms with Crippen LogP contribution in [0.25, 0.3) is 0 Å². The number of carbonyl (C=O) groups excluding carboxylic acids is 1. The van der Waals surface area contributed by atoms with Crippen molar-refractivity contribution >= 4 is 17.5 Å². The Bertz CT molecular complexity index is 378. The number of benzene rings is 1. The van der Waals surface area contributed by atoms with E-state index >= 15 is 0 Å². The SMILES string of the molecule is Cc1ccccc1C(=O)C1(C)CCCS1. The van der Waals surface area contributed by atoms with Gasteiger partial charge in [-0.05, 0) is 38.0 Å². The van der Waals surface area contributed by atoms with E-state index in [1.807, 2.05) is 31.2 Å². The lowest BCUT2D eigenvalue weighted by molar-refractivity contribution is 0.0948. The van der Waals surface area contributed by atoms with Crippen LogP contribution in [0.15, 0.2) is 24.3 Å². The minimum atomic E-state index is -0.174. The van der Waals surface area contributed by atoms with Crippen LogP contribution in [-0.2, 0) is 0 Å². The van der Waals surface area contributed by atoms with Crippen LogP contribution in [0, 0.1) is 6.92 Å². The van der Waals surface area contributed by atoms with E-state index in [1.165, 1.54) is 6.42 Å². The van der Waals surface area contributed by atoms with Crippen molar-refractivity contribution in [3.63, 3.8) is 0 Å². The summed E-state index contributed by atoms with van der Waals surface area (Å²) in [7, 11) is 0. The van der Waals surface area contributed by atoms with Crippen molar-refractivity contribution in [3.8, 4) is 0 Å². The predicted octanol–water partition coefficient (Wildman–Crippen LogP) is 3.46. The number of hydrogen-bond donors (Lipinski definition) is 0. The molecule has 1 heterocycles. The van der Waals surface area contributed by atoms with Gasteiger partial charge in [0.25, 0.3) is 0 Å². The average molecular weight is 220 g/mol. The molecule has 1 aromatic carbocycles. The largest absolute Gasteiger partial charge is 0.293 e. The van der Waals surface area contributed by atoms with Crippen molar-refractivity contribution in [2.75, 3.05) is 5.75 Å². The molecule has 2 heteroatoms. The van der Waals surface area contributed by atoms with Gasteiger partial charge < -0.3 is 0 Å². The molecule has 1 atom stereocenters. The Morgan fingerprint density at radius 3 is 2.73 bits per heavy atom. The zero-order valence-electron chi connectivity index (χ0n) is 9.25. The molecule has 1 saturated heterocycles. The third kappa shape index (κ3) is 1.96. The van der Waals surface area contributed by atoms with Gasteiger partial charge in [0.05, 0.1) is 4.75 Å². The van der Waals surface area contributed by atoms with E-state index in [1.54, 1.807) is 11.8 Å². The fourth-order valence-corrected chi connectivity index (χ4v) is 3.34. The topological polar surface area (TPSA) is 17.1 Å². The van der Waals surface area contributed by atoms with Crippen LogP contribution in [0.1, 0.15) is 35.7 Å². The van der Waals surface area contributed by atoms with Gasteiger partial charge in [0.2, 0.25) is 0 Å². The molecule has 1 nitrogen and oxygen atoms in total. The van der Waals surface area contributed by atoms with Crippen LogP contribution >= 0.6 is 11.8 Å². The average Bonchev–Trinajstić information content (AvgIpc) is 2.66. The minimum absolute atomic E-state index is 0.174. The van der Waals surface area contributed by atoms with Crippen LogP contribution in [0.2, 0.25) is 0 Å². The van der Waals surface area contributed by atoms with Gasteiger partial charge in [-0.15, -0.1) is 11.8 Å². The first-order valence-corrected chi connectivity index (χ1v) is 6.36. The zero-order valence-corrected chi connectivity index (χ0v) is 10.1. The molecule has 0 saturated carbocycles. The number of thioether (sulfide) groups is 1. The fraction of sp³-hybridized carbons (Fsp3) is 0.462. The Balaban J connectivity index is 2.32. The monoisotopic (exact) mass is 220 g/mol. The van der Waals surface area contributed by atoms with Gasteiger partial charge in [-0.2, -0.15) is 0 Å². The molecular weight excluding hydrogens is 204 g/mol. The Morgan fingerprint density at radius 1 is 1.40 bits per heavy atom. The van der Waals surface area contributed by atoms with E-state index in [9.17, 15) is 4.79 Å². The molecule has 0 bridgehead atoms. The molecule has 0 spiro atoms. The molecule has 15 heavy (non-hydrogen) atoms. The van der Waals surface area contributed by atoms with E-state index < -0.39 is 0 Å². The number of carbonyl (C=O) groups is 1. The number of aryl methyl sites for hydroxylation is 1. The smallest absolute Gasteiger partial charge is 0.178 e. The highest BCUT2D eigenvalue weighted by atomic mass is 32.2. The molecule has 80 valence electrons. The van der Waals surface area contributed by atoms with Crippen molar-refractivity contribution in [1.29, 1.82) is 0 Å². The van der Waals surface area contributed by atoms with Crippen molar-refractivity contribution in [2.24, 2.45) is 0 Å². The summed E-state index contributed by atoms with van der Waals surface area (Å²) in [5, 5.41) is 0. The Kier molecular flexibility index (Phi) is 2.87. The summed E-state index contributed by atoms with van der Waals surface area (Å²) >= 11 is 1.81. The lowest BCUT2D eigenvalue weighted by atomic mass is 9.92. The summed E-state index contributed by atoms with van der Waals surface area (Å²) in [5.41, 5.74) is 1.99. The normalized spacial score (nSPS) is 25.5. The summed E-state index contributed by atoms with van der Waals surface area (Å²) in [6.45, 7) is 4.09. The van der Waals surface area contributed by atoms with E-state index in [0.717, 1.165) is 23.3 Å². The van der Waals surface area contributed by atoms with E-state index in [4.69, 9.17) is 0 Å². The maximum atomic E-state index is 12.4. The van der Waals surface area contributed by atoms with Crippen LogP contribution in [0.3, 0.4) is 0 Å². The van der Waals surface area contributed by atoms with Crippen molar-refractivity contribution in [3.05, 3.63) is 35.4 Å². The molecule has 1 unspecified atom stereocenters. The molecule has 1 aliphatic heterocycles. The first kappa shape index (κ1) is 10.7. The van der Waals surface area contributed by atoms with Crippen LogP contribution in [0.5, 0.6) is 0 Å². The molecular formula is C13H16OS. The molecule has 2 rings (SSSR count). The van der Waals surface area contributed by atoms with Crippen LogP contribution in [-0.4, -0.2) is 16.3 Å². The first-order valence-electron chi connectivity index (χ1n) is 5.38. The Labute approximate surface area is 95.3 Å². The van der Waals surface area contributed by atoms with Gasteiger partial charge in [0.15, 0.2) is 5.78 Å². The Hall–Kier alpha value is -0.760. The number of hydrogen-bond acceptors (Lipinski definition) is 2. The molecule has 0 N–H and O–H groups in total. The zero-order chi connectivity index (χ0) is 10.9. The second kappa shape index (κ2) is 4.01. The van der Waals surface area contributed by atoms with Crippen LogP contribution in [0.4, 0.5) is 0 Å². The quantitative estimate of drug-likeness (QED) is 0.710. The summed E-state index contributed by atoms with van der Waals surface area (Å²) in [6, 6.07) is 7.89. The van der Waals surface area contributed by atoms with Gasteiger partial charge in [-0.1, -0.05) is 24.3 Å². The maximum absolute atomic E-state index is 12.4. The summed E-state index contributed by atoms with van der Waals surface area (Å²) in [6.07, 6.45) is 2.18. The lowest BCUT2D eigenvalue weighted by Gasteiger charge is -2.21. The fourth-order valence-electron chi connectivity index (χ4n) is 2.07. The molecule has 0 amide bonds. The maximum Gasteiger partial charge on any atom is 0.178 e. The van der Waals surface area contributed by atoms with Gasteiger partial charge in [0, 0.05) is 5.56 Å². The third-order valence-corrected chi connectivity index (χ3v) is 4.61. The van der Waals surface area contributed by atoms with Crippen molar-refractivity contribution in [1.82, 2.24) is 0 Å². The number of Topliss-reactive ketones (excluding diaryl/α,β-unsaturated/α-hetero) is 1. The molecule has 0 radical (unpaired) electrons. The molecule has 1 aliphatic rings. The minimum Gasteiger partial charge on any atom is -0.293 e. The molecule has 0 aromatic heterocycles. The van der Waals surface area contributed by atoms with E-state index in [2.05, 4.69) is 6.92 Å². The van der Waals surface area contributed by atoms with E-state index in [-0.39, 0.29) is 4.75 Å².